The van der Waals surface area contributed by atoms with E-state index in [-0.39, 0.29) is 11.8 Å². The summed E-state index contributed by atoms with van der Waals surface area (Å²) in [5.41, 5.74) is 3.38. The molecular weight excluding hydrogens is 266 g/mol. The molecule has 1 N–H and O–H groups in total. The van der Waals surface area contributed by atoms with Gasteiger partial charge in [-0.1, -0.05) is 17.3 Å². The molecule has 5 nitrogen and oxygen atoms in total. The lowest BCUT2D eigenvalue weighted by atomic mass is 9.98. The second kappa shape index (κ2) is 5.99. The molecule has 21 heavy (non-hydrogen) atoms. The highest BCUT2D eigenvalue weighted by atomic mass is 16.5. The number of amides is 1. The number of carbonyl (C=O) groups is 1. The fourth-order valence-corrected chi connectivity index (χ4v) is 2.45. The molecular formula is C16H21N3O2. The van der Waals surface area contributed by atoms with E-state index < -0.39 is 0 Å². The Kier molecular flexibility index (Phi) is 4.31. The van der Waals surface area contributed by atoms with Crippen LogP contribution in [0.5, 0.6) is 0 Å². The van der Waals surface area contributed by atoms with Crippen molar-refractivity contribution in [3.63, 3.8) is 0 Å². The lowest BCUT2D eigenvalue weighted by molar-refractivity contribution is -0.117. The Morgan fingerprint density at radius 1 is 1.29 bits per heavy atom. The van der Waals surface area contributed by atoms with Crippen LogP contribution in [0.25, 0.3) is 0 Å². The van der Waals surface area contributed by atoms with E-state index in [9.17, 15) is 4.79 Å². The van der Waals surface area contributed by atoms with Crippen LogP contribution in [-0.2, 0) is 4.79 Å². The van der Waals surface area contributed by atoms with Crippen LogP contribution in [0.1, 0.15) is 29.9 Å². The monoisotopic (exact) mass is 287 g/mol. The summed E-state index contributed by atoms with van der Waals surface area (Å²) < 4.78 is 5.14. The zero-order valence-electron chi connectivity index (χ0n) is 13.1. The van der Waals surface area contributed by atoms with Crippen LogP contribution in [0.3, 0.4) is 0 Å². The van der Waals surface area contributed by atoms with Gasteiger partial charge in [0.1, 0.15) is 5.76 Å². The van der Waals surface area contributed by atoms with Gasteiger partial charge in [0.25, 0.3) is 0 Å². The van der Waals surface area contributed by atoms with Gasteiger partial charge in [0.05, 0.1) is 23.0 Å². The van der Waals surface area contributed by atoms with Crippen molar-refractivity contribution in [2.24, 2.45) is 0 Å². The van der Waals surface area contributed by atoms with Gasteiger partial charge in [-0.3, -0.25) is 4.79 Å². The predicted molar refractivity (Wildman–Crippen MR) is 83.8 cm³/mol. The number of aromatic nitrogens is 1. The second-order valence-corrected chi connectivity index (χ2v) is 5.36. The van der Waals surface area contributed by atoms with Gasteiger partial charge >= 0.3 is 0 Å². The molecule has 0 spiro atoms. The molecule has 112 valence electrons. The largest absolute Gasteiger partial charge is 0.376 e. The normalized spacial score (nSPS) is 12.0. The quantitative estimate of drug-likeness (QED) is 0.938. The van der Waals surface area contributed by atoms with E-state index in [1.807, 2.05) is 64.0 Å². The number of anilines is 2. The van der Waals surface area contributed by atoms with Crippen molar-refractivity contribution in [2.75, 3.05) is 24.3 Å². The van der Waals surface area contributed by atoms with Crippen LogP contribution >= 0.6 is 0 Å². The second-order valence-electron chi connectivity index (χ2n) is 5.36. The molecule has 0 aliphatic heterocycles. The number of hydrogen-bond donors (Lipinski definition) is 1. The fourth-order valence-electron chi connectivity index (χ4n) is 2.45. The smallest absolute Gasteiger partial charge is 0.231 e. The summed E-state index contributed by atoms with van der Waals surface area (Å²) in [5.74, 6) is 0.307. The first-order valence-electron chi connectivity index (χ1n) is 6.91. The SMILES string of the molecule is Cc1noc(C)c1[C@@H](C)C(=O)Nc1ccccc1N(C)C. The highest BCUT2D eigenvalue weighted by molar-refractivity contribution is 5.98. The molecule has 1 heterocycles. The van der Waals surface area contributed by atoms with Gasteiger partial charge in [-0.15, -0.1) is 0 Å². The van der Waals surface area contributed by atoms with E-state index in [1.54, 1.807) is 0 Å². The Morgan fingerprint density at radius 3 is 2.52 bits per heavy atom. The lowest BCUT2D eigenvalue weighted by Crippen LogP contribution is -2.21. The van der Waals surface area contributed by atoms with Gasteiger partial charge in [0.2, 0.25) is 5.91 Å². The molecule has 0 saturated heterocycles. The maximum Gasteiger partial charge on any atom is 0.231 e. The minimum Gasteiger partial charge on any atom is -0.376 e. The van der Waals surface area contributed by atoms with Crippen molar-refractivity contribution in [1.29, 1.82) is 0 Å². The molecule has 1 aromatic carbocycles. The molecule has 2 rings (SSSR count). The van der Waals surface area contributed by atoms with E-state index >= 15 is 0 Å². The first kappa shape index (κ1) is 15.1. The van der Waals surface area contributed by atoms with Crippen LogP contribution in [-0.4, -0.2) is 25.2 Å². The summed E-state index contributed by atoms with van der Waals surface area (Å²) in [6, 6.07) is 7.72. The van der Waals surface area contributed by atoms with E-state index in [2.05, 4.69) is 10.5 Å². The number of nitrogens with one attached hydrogen (secondary N) is 1. The van der Waals surface area contributed by atoms with Crippen LogP contribution in [0.15, 0.2) is 28.8 Å². The molecule has 0 fully saturated rings. The fraction of sp³-hybridized carbons (Fsp3) is 0.375. The molecule has 1 atom stereocenters. The van der Waals surface area contributed by atoms with Gasteiger partial charge in [-0.25, -0.2) is 0 Å². The summed E-state index contributed by atoms with van der Waals surface area (Å²) >= 11 is 0. The first-order valence-corrected chi connectivity index (χ1v) is 6.91. The van der Waals surface area contributed by atoms with Crippen LogP contribution in [0.4, 0.5) is 11.4 Å². The molecule has 0 bridgehead atoms. The van der Waals surface area contributed by atoms with E-state index in [0.717, 1.165) is 22.6 Å². The molecule has 1 amide bonds. The zero-order valence-corrected chi connectivity index (χ0v) is 13.1. The maximum absolute atomic E-state index is 12.5. The van der Waals surface area contributed by atoms with Crippen molar-refractivity contribution in [3.8, 4) is 0 Å². The first-order chi connectivity index (χ1) is 9.91. The molecule has 5 heteroatoms. The third-order valence-corrected chi connectivity index (χ3v) is 3.56. The number of para-hydroxylation sites is 2. The molecule has 0 aliphatic carbocycles. The average molecular weight is 287 g/mol. The van der Waals surface area contributed by atoms with Crippen molar-refractivity contribution in [2.45, 2.75) is 26.7 Å². The summed E-state index contributed by atoms with van der Waals surface area (Å²) in [4.78, 5) is 14.5. The highest BCUT2D eigenvalue weighted by Crippen LogP contribution is 2.27. The minimum absolute atomic E-state index is 0.0706. The van der Waals surface area contributed by atoms with Crippen LogP contribution in [0, 0.1) is 13.8 Å². The lowest BCUT2D eigenvalue weighted by Gasteiger charge is -2.19. The van der Waals surface area contributed by atoms with Gasteiger partial charge in [-0.05, 0) is 32.9 Å². The Labute approximate surface area is 124 Å². The number of rotatable bonds is 4. The number of carbonyl (C=O) groups excluding carboxylic acids is 1. The Balaban J connectivity index is 2.23. The minimum atomic E-state index is -0.313. The predicted octanol–water partition coefficient (Wildman–Crippen LogP) is 3.10. The number of nitrogens with zero attached hydrogens (tertiary/aromatic N) is 2. The molecule has 0 unspecified atom stereocenters. The van der Waals surface area contributed by atoms with E-state index in [4.69, 9.17) is 4.52 Å². The number of aryl methyl sites for hydroxylation is 2. The van der Waals surface area contributed by atoms with Crippen molar-refractivity contribution >= 4 is 17.3 Å². The standard InChI is InChI=1S/C16H21N3O2/c1-10(15-11(2)18-21-12(15)3)16(20)17-13-8-6-7-9-14(13)19(4)5/h6-10H,1-5H3,(H,17,20)/t10-/m1/s1. The van der Waals surface area contributed by atoms with Crippen molar-refractivity contribution in [3.05, 3.63) is 41.3 Å². The molecule has 0 radical (unpaired) electrons. The Hall–Kier alpha value is -2.30. The molecule has 2 aromatic rings. The summed E-state index contributed by atoms with van der Waals surface area (Å²) in [6.07, 6.45) is 0. The topological polar surface area (TPSA) is 58.4 Å². The van der Waals surface area contributed by atoms with Crippen molar-refractivity contribution < 1.29 is 9.32 Å². The van der Waals surface area contributed by atoms with Gasteiger partial charge in [-0.2, -0.15) is 0 Å². The third-order valence-electron chi connectivity index (χ3n) is 3.56. The van der Waals surface area contributed by atoms with E-state index in [0.29, 0.717) is 5.76 Å². The highest BCUT2D eigenvalue weighted by Gasteiger charge is 2.23. The van der Waals surface area contributed by atoms with Crippen LogP contribution < -0.4 is 10.2 Å². The third kappa shape index (κ3) is 3.07. The summed E-state index contributed by atoms with van der Waals surface area (Å²) in [7, 11) is 3.89. The van der Waals surface area contributed by atoms with Gasteiger partial charge in [0, 0.05) is 19.7 Å². The van der Waals surface area contributed by atoms with Gasteiger partial charge < -0.3 is 14.7 Å². The van der Waals surface area contributed by atoms with Crippen molar-refractivity contribution in [1.82, 2.24) is 5.16 Å². The molecule has 0 aliphatic rings. The summed E-state index contributed by atoms with van der Waals surface area (Å²) in [6.45, 7) is 5.54. The maximum atomic E-state index is 12.5. The Bertz CT molecular complexity index is 627. The Morgan fingerprint density at radius 2 is 1.95 bits per heavy atom. The number of hydrogen-bond acceptors (Lipinski definition) is 4. The average Bonchev–Trinajstić information content (AvgIpc) is 2.77. The summed E-state index contributed by atoms with van der Waals surface area (Å²) in [5, 5.41) is 6.89. The molecule has 0 saturated carbocycles. The number of benzene rings is 1. The zero-order chi connectivity index (χ0) is 15.6. The van der Waals surface area contributed by atoms with Gasteiger partial charge in [0.15, 0.2) is 0 Å². The molecule has 1 aromatic heterocycles. The van der Waals surface area contributed by atoms with E-state index in [1.165, 1.54) is 0 Å². The van der Waals surface area contributed by atoms with Crippen LogP contribution in [0.2, 0.25) is 0 Å².